The van der Waals surface area contributed by atoms with Gasteiger partial charge in [-0.15, -0.1) is 11.3 Å². The number of fused-ring (bicyclic) bond motifs is 1. The van der Waals surface area contributed by atoms with Gasteiger partial charge in [0.05, 0.1) is 20.8 Å². The van der Waals surface area contributed by atoms with E-state index in [0.29, 0.717) is 11.4 Å². The summed E-state index contributed by atoms with van der Waals surface area (Å²) in [5.74, 6) is 0.0314. The number of nitrogens with zero attached hydrogens (tertiary/aromatic N) is 3. The lowest BCUT2D eigenvalue weighted by Crippen LogP contribution is -2.30. The fraction of sp³-hybridized carbons (Fsp3) is 0.321. The van der Waals surface area contributed by atoms with E-state index in [2.05, 4.69) is 31.9 Å². The van der Waals surface area contributed by atoms with Gasteiger partial charge < -0.3 is 20.7 Å². The second-order valence-electron chi connectivity index (χ2n) is 9.69. The minimum atomic E-state index is -0.562. The Kier molecular flexibility index (Phi) is 7.17. The Morgan fingerprint density at radius 3 is 2.84 bits per heavy atom. The second-order valence-corrected chi connectivity index (χ2v) is 10.7. The molecule has 1 aromatic carbocycles. The molecule has 10 heteroatoms. The number of ether oxygens (including phenoxy) is 1. The van der Waals surface area contributed by atoms with E-state index in [0.717, 1.165) is 72.8 Å². The van der Waals surface area contributed by atoms with Gasteiger partial charge >= 0.3 is 6.03 Å². The Hall–Kier alpha value is -3.60. The van der Waals surface area contributed by atoms with Crippen LogP contribution in [0.3, 0.4) is 0 Å². The fourth-order valence-electron chi connectivity index (χ4n) is 4.46. The largest absolute Gasteiger partial charge is 0.453 e. The van der Waals surface area contributed by atoms with Crippen molar-refractivity contribution >= 4 is 33.3 Å². The van der Waals surface area contributed by atoms with Crippen molar-refractivity contribution in [2.45, 2.75) is 31.8 Å². The van der Waals surface area contributed by atoms with Gasteiger partial charge in [-0.3, -0.25) is 14.9 Å². The van der Waals surface area contributed by atoms with Crippen LogP contribution in [0.1, 0.15) is 24.8 Å². The van der Waals surface area contributed by atoms with Crippen LogP contribution in [-0.2, 0) is 6.54 Å². The first kappa shape index (κ1) is 24.7. The van der Waals surface area contributed by atoms with Gasteiger partial charge in [-0.25, -0.2) is 9.18 Å². The summed E-state index contributed by atoms with van der Waals surface area (Å²) in [6.07, 6.45) is 6.72. The molecule has 8 nitrogen and oxygen atoms in total. The monoisotopic (exact) mass is 532 g/mol. The Balaban J connectivity index is 1.16. The molecule has 2 amide bonds. The molecule has 1 saturated heterocycles. The van der Waals surface area contributed by atoms with Gasteiger partial charge in [0.15, 0.2) is 11.6 Å². The average Bonchev–Trinajstić information content (AvgIpc) is 3.67. The smallest absolute Gasteiger partial charge is 0.319 e. The number of carbonyl (C=O) groups is 1. The van der Waals surface area contributed by atoms with Crippen LogP contribution in [0.2, 0.25) is 0 Å². The molecular weight excluding hydrogens is 503 g/mol. The third-order valence-electron chi connectivity index (χ3n) is 6.61. The van der Waals surface area contributed by atoms with Crippen LogP contribution in [0.4, 0.5) is 14.9 Å². The number of pyridine rings is 2. The zero-order chi connectivity index (χ0) is 25.9. The zero-order valence-electron chi connectivity index (χ0n) is 20.9. The maximum absolute atomic E-state index is 14.8. The Bertz CT molecular complexity index is 1430. The molecule has 0 bridgehead atoms. The maximum atomic E-state index is 14.8. The Morgan fingerprint density at radius 1 is 1.11 bits per heavy atom. The number of anilines is 1. The standard InChI is InChI=1S/C28H29FN6O2S/c29-21-14-20(34-28(36)33-19-3-4-19)5-7-24(21)37-25-8-10-31-23-15-26(38-27(23)25)22-6-2-18(16-32-22)17-35-12-1-9-30-11-13-35/h2,5-8,10,14-16,19,30H,1,3-4,9,11-13,17H2,(H2,33,34,36). The summed E-state index contributed by atoms with van der Waals surface area (Å²) in [4.78, 5) is 24.6. The van der Waals surface area contributed by atoms with Gasteiger partial charge in [-0.1, -0.05) is 6.07 Å². The fourth-order valence-corrected chi connectivity index (χ4v) is 5.51. The number of benzene rings is 1. The first-order chi connectivity index (χ1) is 18.6. The van der Waals surface area contributed by atoms with Crippen molar-refractivity contribution in [1.29, 1.82) is 0 Å². The van der Waals surface area contributed by atoms with Gasteiger partial charge in [0.2, 0.25) is 0 Å². The molecule has 0 unspecified atom stereocenters. The summed E-state index contributed by atoms with van der Waals surface area (Å²) >= 11 is 1.51. The number of urea groups is 1. The minimum Gasteiger partial charge on any atom is -0.453 e. The van der Waals surface area contributed by atoms with Crippen LogP contribution < -0.4 is 20.7 Å². The van der Waals surface area contributed by atoms with E-state index in [1.165, 1.54) is 29.0 Å². The molecule has 4 aromatic rings. The van der Waals surface area contributed by atoms with Crippen LogP contribution in [0, 0.1) is 5.82 Å². The highest BCUT2D eigenvalue weighted by molar-refractivity contribution is 7.22. The number of hydrogen-bond donors (Lipinski definition) is 3. The first-order valence-electron chi connectivity index (χ1n) is 12.9. The molecule has 196 valence electrons. The van der Waals surface area contributed by atoms with E-state index >= 15 is 0 Å². The predicted molar refractivity (Wildman–Crippen MR) is 147 cm³/mol. The lowest BCUT2D eigenvalue weighted by Gasteiger charge is -2.19. The number of halogens is 1. The molecule has 3 aromatic heterocycles. The van der Waals surface area contributed by atoms with Crippen molar-refractivity contribution in [2.24, 2.45) is 0 Å². The summed E-state index contributed by atoms with van der Waals surface area (Å²) in [6.45, 7) is 5.13. The molecule has 1 aliphatic heterocycles. The van der Waals surface area contributed by atoms with Crippen molar-refractivity contribution in [2.75, 3.05) is 31.5 Å². The number of hydrogen-bond acceptors (Lipinski definition) is 7. The Morgan fingerprint density at radius 2 is 2.03 bits per heavy atom. The highest BCUT2D eigenvalue weighted by atomic mass is 32.1. The molecule has 1 saturated carbocycles. The SMILES string of the molecule is O=C(Nc1ccc(Oc2ccnc3cc(-c4ccc(CN5CCCNCC5)cn4)sc23)c(F)c1)NC1CC1. The zero-order valence-corrected chi connectivity index (χ0v) is 21.7. The minimum absolute atomic E-state index is 0.0757. The van der Waals surface area contributed by atoms with Gasteiger partial charge in [-0.05, 0) is 62.2 Å². The molecule has 4 heterocycles. The summed E-state index contributed by atoms with van der Waals surface area (Å²) in [5.41, 5.74) is 3.19. The molecule has 0 atom stereocenters. The number of carbonyl (C=O) groups excluding carboxylic acids is 1. The predicted octanol–water partition coefficient (Wildman–Crippen LogP) is 5.37. The summed E-state index contributed by atoms with van der Waals surface area (Å²) in [5, 5.41) is 8.91. The highest BCUT2D eigenvalue weighted by Crippen LogP contribution is 2.39. The van der Waals surface area contributed by atoms with Crippen molar-refractivity contribution in [3.05, 3.63) is 66.2 Å². The van der Waals surface area contributed by atoms with Gasteiger partial charge in [-0.2, -0.15) is 0 Å². The van der Waals surface area contributed by atoms with E-state index < -0.39 is 5.82 Å². The molecule has 0 radical (unpaired) electrons. The number of aromatic nitrogens is 2. The molecule has 38 heavy (non-hydrogen) atoms. The number of amides is 2. The normalized spacial score (nSPS) is 16.2. The topological polar surface area (TPSA) is 91.4 Å². The lowest BCUT2D eigenvalue weighted by atomic mass is 10.2. The molecule has 3 N–H and O–H groups in total. The third kappa shape index (κ3) is 5.93. The number of nitrogens with one attached hydrogen (secondary N) is 3. The van der Waals surface area contributed by atoms with Gasteiger partial charge in [0.1, 0.15) is 5.75 Å². The first-order valence-corrected chi connectivity index (χ1v) is 13.7. The summed E-state index contributed by atoms with van der Waals surface area (Å²) in [7, 11) is 0. The Labute approximate surface area is 224 Å². The molecule has 2 aliphatic rings. The third-order valence-corrected chi connectivity index (χ3v) is 7.78. The molecule has 0 spiro atoms. The van der Waals surface area contributed by atoms with Crippen LogP contribution in [-0.4, -0.2) is 53.1 Å². The summed E-state index contributed by atoms with van der Waals surface area (Å²) in [6, 6.07) is 12.2. The van der Waals surface area contributed by atoms with Crippen LogP contribution >= 0.6 is 11.3 Å². The van der Waals surface area contributed by atoms with E-state index in [1.54, 1.807) is 18.3 Å². The molecule has 2 fully saturated rings. The lowest BCUT2D eigenvalue weighted by molar-refractivity contribution is 0.251. The van der Waals surface area contributed by atoms with E-state index in [-0.39, 0.29) is 17.8 Å². The molecule has 1 aliphatic carbocycles. The van der Waals surface area contributed by atoms with E-state index in [1.807, 2.05) is 18.3 Å². The maximum Gasteiger partial charge on any atom is 0.319 e. The van der Waals surface area contributed by atoms with E-state index in [4.69, 9.17) is 9.72 Å². The average molecular weight is 533 g/mol. The van der Waals surface area contributed by atoms with Crippen molar-refractivity contribution in [1.82, 2.24) is 25.5 Å². The van der Waals surface area contributed by atoms with Crippen LogP contribution in [0.25, 0.3) is 20.8 Å². The quantitative estimate of drug-likeness (QED) is 0.297. The second kappa shape index (κ2) is 11.0. The molecule has 6 rings (SSSR count). The van der Waals surface area contributed by atoms with Crippen LogP contribution in [0.15, 0.2) is 54.9 Å². The van der Waals surface area contributed by atoms with Crippen molar-refractivity contribution < 1.29 is 13.9 Å². The number of thiophene rings is 1. The molecular formula is C28H29FN6O2S. The van der Waals surface area contributed by atoms with E-state index in [9.17, 15) is 9.18 Å². The van der Waals surface area contributed by atoms with Crippen molar-refractivity contribution in [3.63, 3.8) is 0 Å². The number of rotatable bonds is 7. The summed E-state index contributed by atoms with van der Waals surface area (Å²) < 4.78 is 21.6. The van der Waals surface area contributed by atoms with Gasteiger partial charge in [0.25, 0.3) is 0 Å². The highest BCUT2D eigenvalue weighted by Gasteiger charge is 2.23. The van der Waals surface area contributed by atoms with Crippen molar-refractivity contribution in [3.8, 4) is 22.1 Å². The van der Waals surface area contributed by atoms with Gasteiger partial charge in [0, 0.05) is 55.9 Å². The van der Waals surface area contributed by atoms with Crippen LogP contribution in [0.5, 0.6) is 11.5 Å².